The van der Waals surface area contributed by atoms with Crippen LogP contribution in [0.15, 0.2) is 60.8 Å². The largest absolute Gasteiger partial charge is 0.487 e. The number of pyridine rings is 1. The Morgan fingerprint density at radius 2 is 1.91 bits per heavy atom. The maximum Gasteiger partial charge on any atom is 0.246 e. The van der Waals surface area contributed by atoms with Crippen molar-refractivity contribution >= 4 is 35.2 Å². The molecule has 2 heterocycles. The standard InChI is InChI=1S/C26H25Cl2N3O3/c1-18-14-19(6-9-25(32)31-12-10-29-11-13-31)15-23(28)26(18)34-24-8-7-21(16-30-24)33-17-20-4-2-3-5-22(20)27/h2-9,14-16,29H,10-13,17H2,1H3. The summed E-state index contributed by atoms with van der Waals surface area (Å²) >= 11 is 12.6. The molecule has 1 amide bonds. The van der Waals surface area contributed by atoms with E-state index in [1.165, 1.54) is 0 Å². The van der Waals surface area contributed by atoms with Crippen molar-refractivity contribution in [2.75, 3.05) is 26.2 Å². The van der Waals surface area contributed by atoms with Gasteiger partial charge < -0.3 is 19.7 Å². The number of piperazine rings is 1. The fraction of sp³-hybridized carbons (Fsp3) is 0.231. The molecule has 0 radical (unpaired) electrons. The number of nitrogens with zero attached hydrogens (tertiary/aromatic N) is 2. The number of aromatic nitrogens is 1. The monoisotopic (exact) mass is 497 g/mol. The summed E-state index contributed by atoms with van der Waals surface area (Å²) in [7, 11) is 0. The molecule has 1 aliphatic heterocycles. The number of benzene rings is 2. The molecule has 2 aromatic carbocycles. The van der Waals surface area contributed by atoms with Crippen LogP contribution in [-0.4, -0.2) is 42.0 Å². The second-order valence-electron chi connectivity index (χ2n) is 7.87. The van der Waals surface area contributed by atoms with Gasteiger partial charge in [0.2, 0.25) is 11.8 Å². The van der Waals surface area contributed by atoms with Gasteiger partial charge >= 0.3 is 0 Å². The van der Waals surface area contributed by atoms with Gasteiger partial charge in [-0.25, -0.2) is 4.98 Å². The molecule has 1 saturated heterocycles. The highest BCUT2D eigenvalue weighted by Gasteiger charge is 2.14. The normalized spacial score (nSPS) is 13.8. The fourth-order valence-electron chi connectivity index (χ4n) is 3.53. The number of ether oxygens (including phenoxy) is 2. The highest BCUT2D eigenvalue weighted by atomic mass is 35.5. The van der Waals surface area contributed by atoms with Gasteiger partial charge in [0.1, 0.15) is 12.4 Å². The SMILES string of the molecule is Cc1cc(C=CC(=O)N2CCNCC2)cc(Cl)c1Oc1ccc(OCc2ccccc2Cl)cn1. The third kappa shape index (κ3) is 6.29. The van der Waals surface area contributed by atoms with E-state index in [1.807, 2.05) is 42.2 Å². The van der Waals surface area contributed by atoms with E-state index in [1.54, 1.807) is 36.5 Å². The molecular weight excluding hydrogens is 473 g/mol. The zero-order valence-corrected chi connectivity index (χ0v) is 20.3. The first-order valence-corrected chi connectivity index (χ1v) is 11.7. The van der Waals surface area contributed by atoms with Gasteiger partial charge in [0.15, 0.2) is 5.75 Å². The lowest BCUT2D eigenvalue weighted by atomic mass is 10.1. The van der Waals surface area contributed by atoms with E-state index in [0.717, 1.165) is 29.8 Å². The Kier molecular flexibility index (Phi) is 8.06. The zero-order valence-electron chi connectivity index (χ0n) is 18.8. The Bertz CT molecular complexity index is 1150. The van der Waals surface area contributed by atoms with Crippen LogP contribution in [-0.2, 0) is 11.4 Å². The first-order chi connectivity index (χ1) is 16.5. The molecule has 6 nitrogen and oxygen atoms in total. The lowest BCUT2D eigenvalue weighted by molar-refractivity contribution is -0.126. The summed E-state index contributed by atoms with van der Waals surface area (Å²) in [5, 5.41) is 4.34. The van der Waals surface area contributed by atoms with Crippen LogP contribution in [0, 0.1) is 6.92 Å². The molecule has 1 N–H and O–H groups in total. The number of nitrogens with one attached hydrogen (secondary N) is 1. The molecular formula is C26H25Cl2N3O3. The summed E-state index contributed by atoms with van der Waals surface area (Å²) in [4.78, 5) is 18.5. The smallest absolute Gasteiger partial charge is 0.246 e. The molecule has 8 heteroatoms. The Morgan fingerprint density at radius 1 is 1.12 bits per heavy atom. The minimum absolute atomic E-state index is 0.00311. The molecule has 1 aromatic heterocycles. The van der Waals surface area contributed by atoms with Gasteiger partial charge in [-0.2, -0.15) is 0 Å². The maximum atomic E-state index is 12.3. The molecule has 1 aliphatic rings. The van der Waals surface area contributed by atoms with Crippen molar-refractivity contribution in [1.29, 1.82) is 0 Å². The Morgan fingerprint density at radius 3 is 2.62 bits per heavy atom. The van der Waals surface area contributed by atoms with Gasteiger partial charge in [-0.05, 0) is 48.4 Å². The number of hydrogen-bond acceptors (Lipinski definition) is 5. The minimum atomic E-state index is -0.00311. The van der Waals surface area contributed by atoms with E-state index in [2.05, 4.69) is 10.3 Å². The van der Waals surface area contributed by atoms with Gasteiger partial charge in [-0.3, -0.25) is 4.79 Å². The van der Waals surface area contributed by atoms with Crippen LogP contribution in [0.3, 0.4) is 0 Å². The van der Waals surface area contributed by atoms with E-state index in [-0.39, 0.29) is 5.91 Å². The molecule has 0 saturated carbocycles. The highest BCUT2D eigenvalue weighted by Crippen LogP contribution is 2.34. The van der Waals surface area contributed by atoms with Crippen LogP contribution < -0.4 is 14.8 Å². The average molecular weight is 498 g/mol. The Hall–Kier alpha value is -3.06. The molecule has 0 atom stereocenters. The van der Waals surface area contributed by atoms with Crippen molar-refractivity contribution < 1.29 is 14.3 Å². The van der Waals surface area contributed by atoms with Crippen molar-refractivity contribution in [3.8, 4) is 17.4 Å². The number of hydrogen-bond donors (Lipinski definition) is 1. The van der Waals surface area contributed by atoms with Gasteiger partial charge in [0.05, 0.1) is 11.2 Å². The predicted octanol–water partition coefficient (Wildman–Crippen LogP) is 5.51. The molecule has 0 bridgehead atoms. The lowest BCUT2D eigenvalue weighted by Crippen LogP contribution is -2.45. The van der Waals surface area contributed by atoms with E-state index in [4.69, 9.17) is 32.7 Å². The Labute approximate surface area is 209 Å². The Balaban J connectivity index is 1.38. The molecule has 1 fully saturated rings. The van der Waals surface area contributed by atoms with Crippen molar-refractivity contribution in [3.05, 3.63) is 87.5 Å². The number of amides is 1. The number of halogens is 2. The molecule has 176 valence electrons. The fourth-order valence-corrected chi connectivity index (χ4v) is 4.04. The molecule has 3 aromatic rings. The summed E-state index contributed by atoms with van der Waals surface area (Å²) in [6, 6.07) is 14.7. The number of rotatable bonds is 7. The molecule has 0 unspecified atom stereocenters. The van der Waals surface area contributed by atoms with Gasteiger partial charge in [-0.1, -0.05) is 41.4 Å². The van der Waals surface area contributed by atoms with E-state index >= 15 is 0 Å². The first-order valence-electron chi connectivity index (χ1n) is 11.0. The summed E-state index contributed by atoms with van der Waals surface area (Å²) in [5.41, 5.74) is 2.56. The highest BCUT2D eigenvalue weighted by molar-refractivity contribution is 6.32. The van der Waals surface area contributed by atoms with Crippen LogP contribution >= 0.6 is 23.2 Å². The topological polar surface area (TPSA) is 63.7 Å². The molecule has 0 aliphatic carbocycles. The minimum Gasteiger partial charge on any atom is -0.487 e. The van der Waals surface area contributed by atoms with Crippen LogP contribution in [0.1, 0.15) is 16.7 Å². The van der Waals surface area contributed by atoms with E-state index < -0.39 is 0 Å². The van der Waals surface area contributed by atoms with Crippen molar-refractivity contribution in [2.24, 2.45) is 0 Å². The molecule has 0 spiro atoms. The third-order valence-electron chi connectivity index (χ3n) is 5.37. The van der Waals surface area contributed by atoms with E-state index in [9.17, 15) is 4.79 Å². The van der Waals surface area contributed by atoms with Crippen LogP contribution in [0.2, 0.25) is 10.0 Å². The average Bonchev–Trinajstić information content (AvgIpc) is 2.85. The summed E-state index contributed by atoms with van der Waals surface area (Å²) in [6.07, 6.45) is 4.95. The van der Waals surface area contributed by atoms with Crippen LogP contribution in [0.25, 0.3) is 6.08 Å². The van der Waals surface area contributed by atoms with Crippen molar-refractivity contribution in [1.82, 2.24) is 15.2 Å². The number of aryl methyl sites for hydroxylation is 1. The summed E-state index contributed by atoms with van der Waals surface area (Å²) in [6.45, 7) is 5.31. The lowest BCUT2D eigenvalue weighted by Gasteiger charge is -2.26. The van der Waals surface area contributed by atoms with Gasteiger partial charge in [0.25, 0.3) is 0 Å². The maximum absolute atomic E-state index is 12.3. The van der Waals surface area contributed by atoms with E-state index in [0.29, 0.717) is 47.1 Å². The third-order valence-corrected chi connectivity index (χ3v) is 6.02. The van der Waals surface area contributed by atoms with Crippen molar-refractivity contribution in [3.63, 3.8) is 0 Å². The molecule has 34 heavy (non-hydrogen) atoms. The van der Waals surface area contributed by atoms with Crippen LogP contribution in [0.4, 0.5) is 0 Å². The quantitative estimate of drug-likeness (QED) is 0.435. The van der Waals surface area contributed by atoms with Crippen molar-refractivity contribution in [2.45, 2.75) is 13.5 Å². The van der Waals surface area contributed by atoms with Gasteiger partial charge in [-0.15, -0.1) is 0 Å². The summed E-state index contributed by atoms with van der Waals surface area (Å²) in [5.74, 6) is 1.51. The molecule has 4 rings (SSSR count). The second kappa shape index (κ2) is 11.4. The second-order valence-corrected chi connectivity index (χ2v) is 8.69. The van der Waals surface area contributed by atoms with Gasteiger partial charge in [0, 0.05) is 48.9 Å². The predicted molar refractivity (Wildman–Crippen MR) is 135 cm³/mol. The summed E-state index contributed by atoms with van der Waals surface area (Å²) < 4.78 is 11.7. The number of carbonyl (C=O) groups excluding carboxylic acids is 1. The van der Waals surface area contributed by atoms with Crippen LogP contribution in [0.5, 0.6) is 17.4 Å². The number of carbonyl (C=O) groups is 1. The first kappa shape index (κ1) is 24.1. The zero-order chi connectivity index (χ0) is 23.9.